The van der Waals surface area contributed by atoms with Crippen molar-refractivity contribution in [2.24, 2.45) is 0 Å². The molecule has 162 valence electrons. The van der Waals surface area contributed by atoms with Crippen molar-refractivity contribution in [3.05, 3.63) is 81.0 Å². The molecule has 1 aromatic heterocycles. The van der Waals surface area contributed by atoms with E-state index in [0.717, 1.165) is 29.7 Å². The summed E-state index contributed by atoms with van der Waals surface area (Å²) in [5.41, 5.74) is 2.65. The van der Waals surface area contributed by atoms with Gasteiger partial charge in [0.1, 0.15) is 5.75 Å². The van der Waals surface area contributed by atoms with E-state index in [1.165, 1.54) is 5.56 Å². The van der Waals surface area contributed by atoms with E-state index in [1.54, 1.807) is 23.0 Å². The number of piperazine rings is 1. The second-order valence-corrected chi connectivity index (χ2v) is 8.85. The number of benzene rings is 2. The second kappa shape index (κ2) is 9.85. The molecule has 2 aromatic carbocycles. The van der Waals surface area contributed by atoms with Gasteiger partial charge in [0, 0.05) is 48.4 Å². The largest absolute Gasteiger partial charge is 0.471 e. The molecule has 4 rings (SSSR count). The number of hydrogen-bond donors (Lipinski definition) is 0. The Bertz CT molecular complexity index is 1060. The van der Waals surface area contributed by atoms with E-state index < -0.39 is 0 Å². The van der Waals surface area contributed by atoms with Gasteiger partial charge in [-0.1, -0.05) is 45.7 Å². The van der Waals surface area contributed by atoms with Crippen molar-refractivity contribution in [3.63, 3.8) is 0 Å². The molecule has 0 spiro atoms. The number of carbonyl (C=O) groups excluding carboxylic acids is 1. The summed E-state index contributed by atoms with van der Waals surface area (Å²) in [6.07, 6.45) is 1.76. The standard InChI is InChI=1S/C23H24BrClN4O2/c1-17-14-19(6-7-21(17)25)31-16-29-9-8-22(26-29)23(30)28-12-10-27(11-13-28)15-18-4-2-3-5-20(18)24/h2-9,14H,10-13,15-16H2,1H3. The van der Waals surface area contributed by atoms with Crippen molar-refractivity contribution >= 4 is 33.4 Å². The molecular weight excluding hydrogens is 480 g/mol. The van der Waals surface area contributed by atoms with Crippen LogP contribution in [0.1, 0.15) is 21.6 Å². The molecule has 1 saturated heterocycles. The minimum absolute atomic E-state index is 0.0402. The van der Waals surface area contributed by atoms with Gasteiger partial charge in [0.15, 0.2) is 12.4 Å². The van der Waals surface area contributed by atoms with Crippen LogP contribution in [0.4, 0.5) is 0 Å². The molecule has 1 fully saturated rings. The molecule has 2 heterocycles. The van der Waals surface area contributed by atoms with Crippen LogP contribution >= 0.6 is 27.5 Å². The van der Waals surface area contributed by atoms with Crippen molar-refractivity contribution in [2.45, 2.75) is 20.2 Å². The highest BCUT2D eigenvalue weighted by atomic mass is 79.9. The third-order valence-corrected chi connectivity index (χ3v) is 6.56. The molecule has 1 amide bonds. The number of carbonyl (C=O) groups is 1. The normalized spacial score (nSPS) is 14.6. The summed E-state index contributed by atoms with van der Waals surface area (Å²) >= 11 is 9.65. The minimum Gasteiger partial charge on any atom is -0.471 e. The first-order valence-corrected chi connectivity index (χ1v) is 11.3. The summed E-state index contributed by atoms with van der Waals surface area (Å²) in [4.78, 5) is 17.1. The van der Waals surface area contributed by atoms with Gasteiger partial charge in [-0.05, 0) is 48.4 Å². The van der Waals surface area contributed by atoms with Gasteiger partial charge >= 0.3 is 0 Å². The van der Waals surface area contributed by atoms with Gasteiger partial charge in [0.25, 0.3) is 5.91 Å². The predicted molar refractivity (Wildman–Crippen MR) is 124 cm³/mol. The average molecular weight is 504 g/mol. The Morgan fingerprint density at radius 2 is 1.90 bits per heavy atom. The van der Waals surface area contributed by atoms with Crippen LogP contribution in [0.3, 0.4) is 0 Å². The lowest BCUT2D eigenvalue weighted by Gasteiger charge is -2.34. The molecule has 0 saturated carbocycles. The van der Waals surface area contributed by atoms with E-state index >= 15 is 0 Å². The van der Waals surface area contributed by atoms with Gasteiger partial charge in [-0.15, -0.1) is 0 Å². The van der Waals surface area contributed by atoms with Crippen LogP contribution < -0.4 is 4.74 Å². The summed E-state index contributed by atoms with van der Waals surface area (Å²) in [5.74, 6) is 0.674. The van der Waals surface area contributed by atoms with Crippen molar-refractivity contribution in [1.82, 2.24) is 19.6 Å². The Balaban J connectivity index is 1.29. The van der Waals surface area contributed by atoms with Crippen LogP contribution in [0.2, 0.25) is 5.02 Å². The number of ether oxygens (including phenoxy) is 1. The fourth-order valence-corrected chi connectivity index (χ4v) is 4.06. The lowest BCUT2D eigenvalue weighted by atomic mass is 10.2. The van der Waals surface area contributed by atoms with Gasteiger partial charge in [0.05, 0.1) is 0 Å². The minimum atomic E-state index is -0.0402. The van der Waals surface area contributed by atoms with E-state index in [2.05, 4.69) is 38.1 Å². The van der Waals surface area contributed by atoms with Crippen molar-refractivity contribution in [2.75, 3.05) is 26.2 Å². The zero-order valence-corrected chi connectivity index (χ0v) is 19.6. The van der Waals surface area contributed by atoms with Crippen molar-refractivity contribution < 1.29 is 9.53 Å². The molecule has 1 aliphatic rings. The fraction of sp³-hybridized carbons (Fsp3) is 0.304. The van der Waals surface area contributed by atoms with E-state index in [1.807, 2.05) is 36.1 Å². The van der Waals surface area contributed by atoms with Crippen molar-refractivity contribution in [1.29, 1.82) is 0 Å². The third-order valence-electron chi connectivity index (χ3n) is 5.36. The smallest absolute Gasteiger partial charge is 0.274 e. The van der Waals surface area contributed by atoms with Crippen LogP contribution in [0.25, 0.3) is 0 Å². The summed E-state index contributed by atoms with van der Waals surface area (Å²) in [6, 6.07) is 15.5. The molecular formula is C23H24BrClN4O2. The summed E-state index contributed by atoms with van der Waals surface area (Å²) < 4.78 is 8.50. The molecule has 0 atom stereocenters. The Hall–Kier alpha value is -2.35. The molecule has 8 heteroatoms. The lowest BCUT2D eigenvalue weighted by molar-refractivity contribution is 0.0620. The van der Waals surface area contributed by atoms with Crippen LogP contribution in [-0.2, 0) is 13.3 Å². The van der Waals surface area contributed by atoms with E-state index in [9.17, 15) is 4.79 Å². The zero-order valence-electron chi connectivity index (χ0n) is 17.3. The Labute approximate surface area is 195 Å². The Kier molecular flexibility index (Phi) is 6.95. The Morgan fingerprint density at radius 1 is 1.13 bits per heavy atom. The van der Waals surface area contributed by atoms with Crippen LogP contribution in [0, 0.1) is 6.92 Å². The molecule has 0 N–H and O–H groups in total. The monoisotopic (exact) mass is 502 g/mol. The first-order valence-electron chi connectivity index (χ1n) is 10.2. The number of aryl methyl sites for hydroxylation is 1. The average Bonchev–Trinajstić information content (AvgIpc) is 3.25. The number of halogens is 2. The molecule has 6 nitrogen and oxygen atoms in total. The zero-order chi connectivity index (χ0) is 21.8. The maximum Gasteiger partial charge on any atom is 0.274 e. The van der Waals surface area contributed by atoms with Gasteiger partial charge < -0.3 is 9.64 Å². The number of rotatable bonds is 6. The third kappa shape index (κ3) is 5.47. The lowest BCUT2D eigenvalue weighted by Crippen LogP contribution is -2.48. The molecule has 3 aromatic rings. The quantitative estimate of drug-likeness (QED) is 0.493. The highest BCUT2D eigenvalue weighted by Gasteiger charge is 2.24. The maximum atomic E-state index is 12.9. The molecule has 31 heavy (non-hydrogen) atoms. The number of nitrogens with zero attached hydrogens (tertiary/aromatic N) is 4. The first kappa shape index (κ1) is 21.9. The summed E-state index contributed by atoms with van der Waals surface area (Å²) in [6.45, 7) is 6.10. The summed E-state index contributed by atoms with van der Waals surface area (Å²) in [7, 11) is 0. The highest BCUT2D eigenvalue weighted by molar-refractivity contribution is 9.10. The van der Waals surface area contributed by atoms with Crippen LogP contribution in [0.5, 0.6) is 5.75 Å². The van der Waals surface area contributed by atoms with Gasteiger partial charge in [0.2, 0.25) is 0 Å². The van der Waals surface area contributed by atoms with E-state index in [0.29, 0.717) is 29.6 Å². The Morgan fingerprint density at radius 3 is 2.65 bits per heavy atom. The van der Waals surface area contributed by atoms with E-state index in [4.69, 9.17) is 16.3 Å². The second-order valence-electron chi connectivity index (χ2n) is 7.58. The maximum absolute atomic E-state index is 12.9. The number of amides is 1. The molecule has 0 aliphatic carbocycles. The predicted octanol–water partition coefficient (Wildman–Crippen LogP) is 4.60. The SMILES string of the molecule is Cc1cc(OCn2ccc(C(=O)N3CCN(Cc4ccccc4Br)CC3)n2)ccc1Cl. The highest BCUT2D eigenvalue weighted by Crippen LogP contribution is 2.21. The van der Waals surface area contributed by atoms with Gasteiger partial charge in [-0.3, -0.25) is 9.69 Å². The van der Waals surface area contributed by atoms with Crippen molar-refractivity contribution in [3.8, 4) is 5.75 Å². The van der Waals surface area contributed by atoms with E-state index in [-0.39, 0.29) is 12.6 Å². The van der Waals surface area contributed by atoms with Gasteiger partial charge in [-0.25, -0.2) is 4.68 Å². The summed E-state index contributed by atoms with van der Waals surface area (Å²) in [5, 5.41) is 5.10. The number of hydrogen-bond acceptors (Lipinski definition) is 4. The molecule has 0 radical (unpaired) electrons. The molecule has 1 aliphatic heterocycles. The molecule has 0 unspecified atom stereocenters. The first-order chi connectivity index (χ1) is 15.0. The fourth-order valence-electron chi connectivity index (χ4n) is 3.53. The van der Waals surface area contributed by atoms with Gasteiger partial charge in [-0.2, -0.15) is 5.10 Å². The number of aromatic nitrogens is 2. The topological polar surface area (TPSA) is 50.6 Å². The van der Waals surface area contributed by atoms with Crippen LogP contribution in [-0.4, -0.2) is 51.7 Å². The molecule has 0 bridgehead atoms. The van der Waals surface area contributed by atoms with Crippen LogP contribution in [0.15, 0.2) is 59.2 Å².